The number of hydrogen-bond donors (Lipinski definition) is 1. The molecule has 0 radical (unpaired) electrons. The number of ether oxygens (including phenoxy) is 2. The molecule has 2 atom stereocenters. The molecule has 4 rings (SSSR count). The lowest BCUT2D eigenvalue weighted by Gasteiger charge is -2.35. The van der Waals surface area contributed by atoms with E-state index in [0.29, 0.717) is 34.6 Å². The molecule has 0 amide bonds. The molecule has 1 aromatic carbocycles. The first-order valence-electron chi connectivity index (χ1n) is 9.81. The van der Waals surface area contributed by atoms with Crippen LogP contribution in [0.25, 0.3) is 11.3 Å². The van der Waals surface area contributed by atoms with Gasteiger partial charge in [0.05, 0.1) is 25.0 Å². The Kier molecular flexibility index (Phi) is 5.54. The standard InChI is InChI=1S/C21H25FN6O2/c1-13-11-28(12-14(2)30-13)21-23-8-7-19(25-21)24-20-10-18(26-27(20)3)16-6-5-15(29-4)9-17(16)22/h5-10,13-14H,11-12H2,1-4H3,(H,23,24,25)/t13-,14+. The predicted molar refractivity (Wildman–Crippen MR) is 113 cm³/mol. The molecule has 30 heavy (non-hydrogen) atoms. The van der Waals surface area contributed by atoms with E-state index < -0.39 is 0 Å². The van der Waals surface area contributed by atoms with Gasteiger partial charge in [-0.25, -0.2) is 9.37 Å². The highest BCUT2D eigenvalue weighted by Crippen LogP contribution is 2.28. The van der Waals surface area contributed by atoms with Crippen molar-refractivity contribution in [3.05, 3.63) is 42.3 Å². The molecule has 158 valence electrons. The Bertz CT molecular complexity index is 1030. The van der Waals surface area contributed by atoms with Crippen LogP contribution in [0.2, 0.25) is 0 Å². The summed E-state index contributed by atoms with van der Waals surface area (Å²) in [4.78, 5) is 11.2. The SMILES string of the molecule is COc1ccc(-c2cc(Nc3ccnc(N4C[C@@H](C)O[C@@H](C)C4)n3)n(C)n2)c(F)c1. The molecule has 1 aliphatic rings. The number of aryl methyl sites for hydroxylation is 1. The molecule has 9 heteroatoms. The van der Waals surface area contributed by atoms with Crippen LogP contribution in [0, 0.1) is 5.82 Å². The number of methoxy groups -OCH3 is 1. The fourth-order valence-electron chi connectivity index (χ4n) is 3.59. The van der Waals surface area contributed by atoms with E-state index in [0.717, 1.165) is 13.1 Å². The van der Waals surface area contributed by atoms with Gasteiger partial charge in [-0.15, -0.1) is 0 Å². The predicted octanol–water partition coefficient (Wildman–Crippen LogP) is 3.38. The number of aromatic nitrogens is 4. The lowest BCUT2D eigenvalue weighted by molar-refractivity contribution is -0.00571. The molecule has 0 bridgehead atoms. The number of halogens is 1. The highest BCUT2D eigenvalue weighted by Gasteiger charge is 2.24. The lowest BCUT2D eigenvalue weighted by Crippen LogP contribution is -2.46. The van der Waals surface area contributed by atoms with Gasteiger partial charge in [0.1, 0.15) is 23.2 Å². The summed E-state index contributed by atoms with van der Waals surface area (Å²) in [6.07, 6.45) is 1.96. The van der Waals surface area contributed by atoms with Crippen LogP contribution in [0.1, 0.15) is 13.8 Å². The lowest BCUT2D eigenvalue weighted by atomic mass is 10.1. The zero-order valence-electron chi connectivity index (χ0n) is 17.5. The fraction of sp³-hybridized carbons (Fsp3) is 0.381. The molecular formula is C21H25FN6O2. The van der Waals surface area contributed by atoms with Gasteiger partial charge < -0.3 is 19.7 Å². The quantitative estimate of drug-likeness (QED) is 0.688. The van der Waals surface area contributed by atoms with E-state index in [1.54, 1.807) is 42.2 Å². The number of hydrogen-bond acceptors (Lipinski definition) is 7. The molecule has 1 aliphatic heterocycles. The fourth-order valence-corrected chi connectivity index (χ4v) is 3.59. The Labute approximate surface area is 174 Å². The summed E-state index contributed by atoms with van der Waals surface area (Å²) in [5, 5.41) is 7.68. The van der Waals surface area contributed by atoms with E-state index in [1.807, 2.05) is 13.8 Å². The highest BCUT2D eigenvalue weighted by molar-refractivity contribution is 5.66. The molecule has 0 unspecified atom stereocenters. The van der Waals surface area contributed by atoms with E-state index in [9.17, 15) is 4.39 Å². The van der Waals surface area contributed by atoms with Crippen LogP contribution in [-0.4, -0.2) is 52.2 Å². The molecule has 3 heterocycles. The molecule has 3 aromatic rings. The van der Waals surface area contributed by atoms with Crippen LogP contribution in [0.3, 0.4) is 0 Å². The minimum Gasteiger partial charge on any atom is -0.497 e. The zero-order chi connectivity index (χ0) is 21.3. The average Bonchev–Trinajstić information content (AvgIpc) is 3.07. The second kappa shape index (κ2) is 8.27. The maximum absolute atomic E-state index is 14.4. The van der Waals surface area contributed by atoms with Crippen molar-refractivity contribution in [1.29, 1.82) is 0 Å². The molecule has 1 N–H and O–H groups in total. The summed E-state index contributed by atoms with van der Waals surface area (Å²) in [6.45, 7) is 5.56. The summed E-state index contributed by atoms with van der Waals surface area (Å²) < 4.78 is 26.9. The molecule has 2 aromatic heterocycles. The average molecular weight is 412 g/mol. The molecule has 0 saturated carbocycles. The van der Waals surface area contributed by atoms with Crippen molar-refractivity contribution in [3.8, 4) is 17.0 Å². The first-order valence-corrected chi connectivity index (χ1v) is 9.81. The van der Waals surface area contributed by atoms with Crippen molar-refractivity contribution in [2.75, 3.05) is 30.4 Å². The Balaban J connectivity index is 1.55. The van der Waals surface area contributed by atoms with E-state index in [4.69, 9.17) is 9.47 Å². The summed E-state index contributed by atoms with van der Waals surface area (Å²) >= 11 is 0. The van der Waals surface area contributed by atoms with Gasteiger partial charge >= 0.3 is 0 Å². The first kappa shape index (κ1) is 20.1. The summed E-state index contributed by atoms with van der Waals surface area (Å²) in [7, 11) is 3.30. The van der Waals surface area contributed by atoms with Gasteiger partial charge in [0.15, 0.2) is 0 Å². The van der Waals surface area contributed by atoms with Gasteiger partial charge in [0, 0.05) is 44.0 Å². The van der Waals surface area contributed by atoms with Gasteiger partial charge in [0.2, 0.25) is 5.95 Å². The van der Waals surface area contributed by atoms with Crippen molar-refractivity contribution in [1.82, 2.24) is 19.7 Å². The summed E-state index contributed by atoms with van der Waals surface area (Å²) in [5.41, 5.74) is 0.921. The van der Waals surface area contributed by atoms with Crippen molar-refractivity contribution in [2.45, 2.75) is 26.1 Å². The van der Waals surface area contributed by atoms with E-state index in [-0.39, 0.29) is 18.0 Å². The monoisotopic (exact) mass is 412 g/mol. The maximum atomic E-state index is 14.4. The summed E-state index contributed by atoms with van der Waals surface area (Å²) in [6, 6.07) is 8.28. The van der Waals surface area contributed by atoms with Crippen LogP contribution >= 0.6 is 0 Å². The van der Waals surface area contributed by atoms with Gasteiger partial charge in [-0.1, -0.05) is 0 Å². The van der Waals surface area contributed by atoms with E-state index in [2.05, 4.69) is 25.3 Å². The topological polar surface area (TPSA) is 77.3 Å². The maximum Gasteiger partial charge on any atom is 0.227 e. The minimum absolute atomic E-state index is 0.119. The zero-order valence-corrected chi connectivity index (χ0v) is 17.5. The Hall–Kier alpha value is -3.20. The van der Waals surface area contributed by atoms with Crippen molar-refractivity contribution < 1.29 is 13.9 Å². The summed E-state index contributed by atoms with van der Waals surface area (Å²) in [5.74, 6) is 2.04. The van der Waals surface area contributed by atoms with E-state index >= 15 is 0 Å². The molecule has 0 spiro atoms. The highest BCUT2D eigenvalue weighted by atomic mass is 19.1. The van der Waals surface area contributed by atoms with Gasteiger partial charge in [-0.2, -0.15) is 10.1 Å². The Morgan fingerprint density at radius 1 is 1.17 bits per heavy atom. The first-order chi connectivity index (χ1) is 14.4. The second-order valence-electron chi connectivity index (χ2n) is 7.41. The molecule has 0 aliphatic carbocycles. The van der Waals surface area contributed by atoms with Crippen LogP contribution in [0.15, 0.2) is 36.5 Å². The Morgan fingerprint density at radius 2 is 1.93 bits per heavy atom. The number of nitrogens with one attached hydrogen (secondary N) is 1. The normalized spacial score (nSPS) is 19.0. The number of nitrogens with zero attached hydrogens (tertiary/aromatic N) is 5. The molecular weight excluding hydrogens is 387 g/mol. The second-order valence-corrected chi connectivity index (χ2v) is 7.41. The Morgan fingerprint density at radius 3 is 2.63 bits per heavy atom. The van der Waals surface area contributed by atoms with Crippen LogP contribution < -0.4 is 15.0 Å². The molecule has 1 fully saturated rings. The van der Waals surface area contributed by atoms with Crippen molar-refractivity contribution >= 4 is 17.6 Å². The molecule has 1 saturated heterocycles. The largest absolute Gasteiger partial charge is 0.497 e. The van der Waals surface area contributed by atoms with Crippen molar-refractivity contribution in [3.63, 3.8) is 0 Å². The van der Waals surface area contributed by atoms with Gasteiger partial charge in [-0.05, 0) is 32.0 Å². The van der Waals surface area contributed by atoms with Gasteiger partial charge in [0.25, 0.3) is 0 Å². The number of anilines is 3. The van der Waals surface area contributed by atoms with Crippen molar-refractivity contribution in [2.24, 2.45) is 7.05 Å². The van der Waals surface area contributed by atoms with Crippen LogP contribution in [-0.2, 0) is 11.8 Å². The number of morpholine rings is 1. The minimum atomic E-state index is -0.390. The van der Waals surface area contributed by atoms with Gasteiger partial charge in [-0.3, -0.25) is 4.68 Å². The third kappa shape index (κ3) is 4.20. The molecule has 8 nitrogen and oxygen atoms in total. The van der Waals surface area contributed by atoms with Crippen LogP contribution in [0.5, 0.6) is 5.75 Å². The van der Waals surface area contributed by atoms with Crippen LogP contribution in [0.4, 0.5) is 22.0 Å². The van der Waals surface area contributed by atoms with E-state index in [1.165, 1.54) is 13.2 Å². The number of rotatable bonds is 5. The third-order valence-electron chi connectivity index (χ3n) is 4.93. The smallest absolute Gasteiger partial charge is 0.227 e. The third-order valence-corrected chi connectivity index (χ3v) is 4.93. The number of benzene rings is 1.